The van der Waals surface area contributed by atoms with Gasteiger partial charge in [-0.15, -0.1) is 0 Å². The van der Waals surface area contributed by atoms with Crippen LogP contribution in [0, 0.1) is 17.3 Å². The van der Waals surface area contributed by atoms with Crippen molar-refractivity contribution in [1.29, 1.82) is 0 Å². The van der Waals surface area contributed by atoms with Crippen molar-refractivity contribution in [2.75, 3.05) is 39.3 Å². The molecule has 69 heavy (non-hydrogen) atoms. The molecule has 0 bridgehead atoms. The molecule has 4 aliphatic rings. The summed E-state index contributed by atoms with van der Waals surface area (Å²) < 4.78 is 0. The maximum atomic E-state index is 14.1. The summed E-state index contributed by atoms with van der Waals surface area (Å²) >= 11 is 0. The van der Waals surface area contributed by atoms with Gasteiger partial charge in [0.15, 0.2) is 0 Å². The van der Waals surface area contributed by atoms with Gasteiger partial charge in [-0.25, -0.2) is 0 Å². The van der Waals surface area contributed by atoms with Crippen LogP contribution in [0.2, 0.25) is 0 Å². The van der Waals surface area contributed by atoms with Crippen molar-refractivity contribution < 1.29 is 28.8 Å². The summed E-state index contributed by atoms with van der Waals surface area (Å²) in [4.78, 5) is 88.4. The Bertz CT molecular complexity index is 2120. The summed E-state index contributed by atoms with van der Waals surface area (Å²) in [7, 11) is 0. The largest absolute Gasteiger partial charge is 0.354 e. The standard InChI is InChI=1S/C57H78N6O6/c1-5-6-7-8-9-10-11-12-13-14-15-22-31-58-54(67)50-39-61(32-33-63(50)51(64)36-57(2,3)4)55(68)42-27-29-43(30-28-42)56(69)62-37-46(52(65)59-48-34-44(48)40-23-18-16-19-24-40)47(38-62)53(66)60-49-35-45(49)41-25-20-17-21-26-41/h16-21,23-30,44-50H,5-15,22,31-39H2,1-4H3,(H,58,67)(H,59,65)(H,60,66)/t44-,45-,46-,47-,48+,49+,50+/m1/s1. The first-order valence-electron chi connectivity index (χ1n) is 26.3. The van der Waals surface area contributed by atoms with Crippen molar-refractivity contribution in [2.24, 2.45) is 17.3 Å². The number of nitrogens with one attached hydrogen (secondary N) is 3. The van der Waals surface area contributed by atoms with Gasteiger partial charge in [0, 0.05) is 74.2 Å². The molecular formula is C57H78N6O6. The van der Waals surface area contributed by atoms with Crippen LogP contribution < -0.4 is 16.0 Å². The monoisotopic (exact) mass is 943 g/mol. The van der Waals surface area contributed by atoms with Crippen LogP contribution in [0.5, 0.6) is 0 Å². The second-order valence-corrected chi connectivity index (χ2v) is 21.5. The first kappa shape index (κ1) is 51.3. The van der Waals surface area contributed by atoms with E-state index in [0.29, 0.717) is 17.7 Å². The van der Waals surface area contributed by atoms with E-state index in [-0.39, 0.29) is 104 Å². The summed E-state index contributed by atoms with van der Waals surface area (Å²) in [6, 6.07) is 25.8. The van der Waals surface area contributed by atoms with Gasteiger partial charge in [-0.3, -0.25) is 28.8 Å². The van der Waals surface area contributed by atoms with E-state index < -0.39 is 17.9 Å². The molecule has 2 heterocycles. The van der Waals surface area contributed by atoms with Gasteiger partial charge in [0.25, 0.3) is 11.8 Å². The zero-order valence-corrected chi connectivity index (χ0v) is 41.8. The lowest BCUT2D eigenvalue weighted by Crippen LogP contribution is -2.61. The highest BCUT2D eigenvalue weighted by Crippen LogP contribution is 2.43. The molecule has 3 aromatic carbocycles. The molecule has 3 aromatic rings. The Kier molecular flexibility index (Phi) is 18.1. The second-order valence-electron chi connectivity index (χ2n) is 21.5. The lowest BCUT2D eigenvalue weighted by Gasteiger charge is -2.41. The van der Waals surface area contributed by atoms with E-state index in [2.05, 4.69) is 47.1 Å². The molecule has 12 nitrogen and oxygen atoms in total. The maximum absolute atomic E-state index is 14.1. The van der Waals surface area contributed by atoms with E-state index in [1.54, 1.807) is 39.0 Å². The topological polar surface area (TPSA) is 148 Å². The van der Waals surface area contributed by atoms with Crippen molar-refractivity contribution in [3.05, 3.63) is 107 Å². The molecule has 0 aromatic heterocycles. The van der Waals surface area contributed by atoms with E-state index in [0.717, 1.165) is 32.1 Å². The molecule has 7 rings (SSSR count). The zero-order valence-electron chi connectivity index (χ0n) is 41.8. The molecular weight excluding hydrogens is 865 g/mol. The first-order valence-corrected chi connectivity index (χ1v) is 26.3. The number of nitrogens with zero attached hydrogens (tertiary/aromatic N) is 3. The Labute approximate surface area is 411 Å². The Hall–Kier alpha value is -5.52. The molecule has 0 radical (unpaired) electrons. The average Bonchev–Trinajstić information content (AvgIpc) is 4.26. The van der Waals surface area contributed by atoms with Crippen LogP contribution in [0.15, 0.2) is 84.9 Å². The number of unbranched alkanes of at least 4 members (excludes halogenated alkanes) is 11. The molecule has 4 fully saturated rings. The molecule has 12 heteroatoms. The summed E-state index contributed by atoms with van der Waals surface area (Å²) in [5.41, 5.74) is 2.78. The molecule has 6 amide bonds. The smallest absolute Gasteiger partial charge is 0.253 e. The highest BCUT2D eigenvalue weighted by molar-refractivity contribution is 6.00. The number of rotatable bonds is 23. The third-order valence-corrected chi connectivity index (χ3v) is 14.7. The van der Waals surface area contributed by atoms with Crippen LogP contribution in [0.1, 0.15) is 168 Å². The van der Waals surface area contributed by atoms with Gasteiger partial charge in [0.2, 0.25) is 23.6 Å². The normalized spacial score (nSPS) is 23.0. The maximum Gasteiger partial charge on any atom is 0.253 e. The number of amides is 6. The van der Waals surface area contributed by atoms with Crippen molar-refractivity contribution in [3.63, 3.8) is 0 Å². The van der Waals surface area contributed by atoms with Gasteiger partial charge in [-0.2, -0.15) is 0 Å². The SMILES string of the molecule is CCCCCCCCCCCCCCNC(=O)[C@@H]1CN(C(=O)c2ccc(C(=O)N3C[C@@H](C(=O)N[C@H]4C[C@@H]4c4ccccc4)[C@H](C(=O)N[C@H]4C[C@@H]4c4ccccc4)C3)cc2)CCN1C(=O)CC(C)(C)C. The summed E-state index contributed by atoms with van der Waals surface area (Å²) in [5.74, 6) is -2.39. The van der Waals surface area contributed by atoms with Crippen LogP contribution in [0.25, 0.3) is 0 Å². The highest BCUT2D eigenvalue weighted by Gasteiger charge is 2.49. The first-order chi connectivity index (χ1) is 33.3. The lowest BCUT2D eigenvalue weighted by atomic mass is 9.91. The Balaban J connectivity index is 0.937. The van der Waals surface area contributed by atoms with E-state index >= 15 is 0 Å². The van der Waals surface area contributed by atoms with Crippen molar-refractivity contribution in [3.8, 4) is 0 Å². The summed E-state index contributed by atoms with van der Waals surface area (Å²) in [6.07, 6.45) is 16.7. The van der Waals surface area contributed by atoms with E-state index in [4.69, 9.17) is 0 Å². The Morgan fingerprint density at radius 2 is 0.986 bits per heavy atom. The van der Waals surface area contributed by atoms with Gasteiger partial charge >= 0.3 is 0 Å². The fraction of sp³-hybridized carbons (Fsp3) is 0.579. The number of piperazine rings is 1. The van der Waals surface area contributed by atoms with Crippen molar-refractivity contribution in [2.45, 2.75) is 154 Å². The molecule has 2 saturated heterocycles. The van der Waals surface area contributed by atoms with Gasteiger partial charge < -0.3 is 30.7 Å². The zero-order chi connectivity index (χ0) is 48.9. The van der Waals surface area contributed by atoms with Crippen LogP contribution in [-0.4, -0.2) is 108 Å². The van der Waals surface area contributed by atoms with E-state index in [1.165, 1.54) is 68.9 Å². The summed E-state index contributed by atoms with van der Waals surface area (Å²) in [5, 5.41) is 9.47. The second kappa shape index (κ2) is 24.4. The van der Waals surface area contributed by atoms with Gasteiger partial charge in [0.1, 0.15) is 6.04 Å². The lowest BCUT2D eigenvalue weighted by molar-refractivity contribution is -0.144. The van der Waals surface area contributed by atoms with Crippen LogP contribution in [0.3, 0.4) is 0 Å². The van der Waals surface area contributed by atoms with Crippen LogP contribution in [0.4, 0.5) is 0 Å². The van der Waals surface area contributed by atoms with Crippen LogP contribution >= 0.6 is 0 Å². The molecule has 0 spiro atoms. The quantitative estimate of drug-likeness (QED) is 0.0812. The third-order valence-electron chi connectivity index (χ3n) is 14.7. The number of likely N-dealkylation sites (tertiary alicyclic amines) is 1. The molecule has 2 aliphatic heterocycles. The predicted octanol–water partition coefficient (Wildman–Crippen LogP) is 8.63. The molecule has 372 valence electrons. The predicted molar refractivity (Wildman–Crippen MR) is 270 cm³/mol. The van der Waals surface area contributed by atoms with Crippen LogP contribution in [-0.2, 0) is 19.2 Å². The van der Waals surface area contributed by atoms with E-state index in [9.17, 15) is 28.8 Å². The fourth-order valence-corrected chi connectivity index (χ4v) is 10.4. The minimum atomic E-state index is -0.811. The molecule has 3 N–H and O–H groups in total. The van der Waals surface area contributed by atoms with Gasteiger partial charge in [0.05, 0.1) is 18.4 Å². The van der Waals surface area contributed by atoms with E-state index in [1.807, 2.05) is 57.2 Å². The Morgan fingerprint density at radius 3 is 1.45 bits per heavy atom. The average molecular weight is 943 g/mol. The van der Waals surface area contributed by atoms with Gasteiger partial charge in [-0.05, 0) is 60.1 Å². The fourth-order valence-electron chi connectivity index (χ4n) is 10.4. The van der Waals surface area contributed by atoms with Gasteiger partial charge in [-0.1, -0.05) is 159 Å². The third kappa shape index (κ3) is 14.5. The molecule has 2 saturated carbocycles. The molecule has 7 atom stereocenters. The van der Waals surface area contributed by atoms with Crippen molar-refractivity contribution >= 4 is 35.4 Å². The number of hydrogen-bond donors (Lipinski definition) is 3. The number of hydrogen-bond acceptors (Lipinski definition) is 6. The Morgan fingerprint density at radius 1 is 0.536 bits per heavy atom. The number of carbonyl (C=O) groups excluding carboxylic acids is 6. The number of benzene rings is 3. The minimum Gasteiger partial charge on any atom is -0.354 e. The molecule has 0 unspecified atom stereocenters. The minimum absolute atomic E-state index is 0.0231. The van der Waals surface area contributed by atoms with Crippen molar-refractivity contribution in [1.82, 2.24) is 30.7 Å². The number of carbonyl (C=O) groups is 6. The highest BCUT2D eigenvalue weighted by atomic mass is 16.2. The molecule has 2 aliphatic carbocycles. The summed E-state index contributed by atoms with van der Waals surface area (Å²) in [6.45, 7) is 9.56.